The Bertz CT molecular complexity index is 397. The van der Waals surface area contributed by atoms with Gasteiger partial charge in [-0.15, -0.1) is 0 Å². The molecule has 0 amide bonds. The van der Waals surface area contributed by atoms with E-state index in [0.717, 1.165) is 0 Å². The number of nitrogens with zero attached hydrogens (tertiary/aromatic N) is 1. The molecule has 5 heteroatoms. The molecule has 0 spiro atoms. The predicted molar refractivity (Wildman–Crippen MR) is 61.6 cm³/mol. The Balaban J connectivity index is 2.83. The fourth-order valence-electron chi connectivity index (χ4n) is 1.15. The summed E-state index contributed by atoms with van der Waals surface area (Å²) < 4.78 is 5.39. The minimum absolute atomic E-state index is 0.0623. The molecule has 0 heterocycles. The topological polar surface area (TPSA) is 78.4 Å². The van der Waals surface area contributed by atoms with Gasteiger partial charge < -0.3 is 10.5 Å². The maximum atomic E-state index is 10.7. The lowest BCUT2D eigenvalue weighted by molar-refractivity contribution is -0.385. The molecule has 88 valence electrons. The van der Waals surface area contributed by atoms with Gasteiger partial charge in [-0.3, -0.25) is 10.1 Å². The van der Waals surface area contributed by atoms with Crippen molar-refractivity contribution in [3.63, 3.8) is 0 Å². The van der Waals surface area contributed by atoms with Crippen LogP contribution in [0.1, 0.15) is 19.4 Å². The molecule has 0 radical (unpaired) electrons. The predicted octanol–water partition coefficient (Wildman–Crippen LogP) is 2.02. The van der Waals surface area contributed by atoms with Crippen LogP contribution < -0.4 is 10.5 Å². The molecule has 0 saturated carbocycles. The molecule has 16 heavy (non-hydrogen) atoms. The van der Waals surface area contributed by atoms with E-state index in [1.54, 1.807) is 19.1 Å². The van der Waals surface area contributed by atoms with Crippen molar-refractivity contribution in [3.8, 4) is 5.75 Å². The second-order valence-electron chi connectivity index (χ2n) is 4.48. The molecule has 1 rings (SSSR count). The number of hydrogen-bond acceptors (Lipinski definition) is 4. The summed E-state index contributed by atoms with van der Waals surface area (Å²) in [6.07, 6.45) is 0. The molecule has 0 aliphatic rings. The van der Waals surface area contributed by atoms with Gasteiger partial charge in [-0.25, -0.2) is 0 Å². The number of nitrogens with two attached hydrogens (primary N) is 1. The third kappa shape index (κ3) is 3.51. The van der Waals surface area contributed by atoms with Crippen LogP contribution in [-0.4, -0.2) is 17.1 Å². The van der Waals surface area contributed by atoms with E-state index in [9.17, 15) is 10.1 Å². The summed E-state index contributed by atoms with van der Waals surface area (Å²) in [4.78, 5) is 10.3. The molecule has 0 aliphatic carbocycles. The molecule has 0 aliphatic heterocycles. The Morgan fingerprint density at radius 2 is 2.12 bits per heavy atom. The van der Waals surface area contributed by atoms with Crippen LogP contribution in [0.3, 0.4) is 0 Å². The number of ether oxygens (including phenoxy) is 1. The lowest BCUT2D eigenvalue weighted by atomic mass is 10.1. The molecule has 0 bridgehead atoms. The molecule has 0 fully saturated rings. The van der Waals surface area contributed by atoms with Crippen LogP contribution in [0.25, 0.3) is 0 Å². The van der Waals surface area contributed by atoms with Gasteiger partial charge in [0.1, 0.15) is 12.4 Å². The Morgan fingerprint density at radius 3 is 2.62 bits per heavy atom. The van der Waals surface area contributed by atoms with E-state index in [2.05, 4.69) is 0 Å². The molecule has 0 atom stereocenters. The van der Waals surface area contributed by atoms with Crippen molar-refractivity contribution >= 4 is 5.69 Å². The molecule has 0 aromatic heterocycles. The van der Waals surface area contributed by atoms with Gasteiger partial charge in [0.15, 0.2) is 0 Å². The normalized spacial score (nSPS) is 11.2. The van der Waals surface area contributed by atoms with Gasteiger partial charge in [0.2, 0.25) is 0 Å². The van der Waals surface area contributed by atoms with Crippen LogP contribution in [-0.2, 0) is 0 Å². The summed E-state index contributed by atoms with van der Waals surface area (Å²) >= 11 is 0. The fourth-order valence-corrected chi connectivity index (χ4v) is 1.15. The second kappa shape index (κ2) is 4.49. The van der Waals surface area contributed by atoms with Gasteiger partial charge in [-0.2, -0.15) is 0 Å². The number of nitro groups is 1. The smallest absolute Gasteiger partial charge is 0.276 e. The first-order chi connectivity index (χ1) is 7.29. The molecular weight excluding hydrogens is 208 g/mol. The summed E-state index contributed by atoms with van der Waals surface area (Å²) in [6, 6.07) is 4.78. The second-order valence-corrected chi connectivity index (χ2v) is 4.48. The summed E-state index contributed by atoms with van der Waals surface area (Å²) in [7, 11) is 0. The highest BCUT2D eigenvalue weighted by Crippen LogP contribution is 2.24. The fraction of sp³-hybridized carbons (Fsp3) is 0.455. The molecule has 0 unspecified atom stereocenters. The number of benzene rings is 1. The summed E-state index contributed by atoms with van der Waals surface area (Å²) in [5, 5.41) is 10.7. The summed E-state index contributed by atoms with van der Waals surface area (Å²) in [5.74, 6) is 0.468. The third-order valence-electron chi connectivity index (χ3n) is 1.99. The van der Waals surface area contributed by atoms with E-state index in [1.807, 2.05) is 13.8 Å². The molecule has 0 saturated heterocycles. The third-order valence-corrected chi connectivity index (χ3v) is 1.99. The largest absolute Gasteiger partial charge is 0.491 e. The van der Waals surface area contributed by atoms with E-state index in [4.69, 9.17) is 10.5 Å². The Labute approximate surface area is 94.4 Å². The van der Waals surface area contributed by atoms with Gasteiger partial charge in [0, 0.05) is 11.1 Å². The average molecular weight is 224 g/mol. The highest BCUT2D eigenvalue weighted by molar-refractivity contribution is 5.45. The number of nitro benzene ring substituents is 1. The van der Waals surface area contributed by atoms with Crippen molar-refractivity contribution in [2.75, 3.05) is 6.61 Å². The Morgan fingerprint density at radius 1 is 1.50 bits per heavy atom. The van der Waals surface area contributed by atoms with Crippen LogP contribution in [0.2, 0.25) is 0 Å². The van der Waals surface area contributed by atoms with Crippen molar-refractivity contribution in [2.24, 2.45) is 5.73 Å². The molecule has 1 aromatic carbocycles. The van der Waals surface area contributed by atoms with Gasteiger partial charge in [0.05, 0.1) is 11.0 Å². The standard InChI is InChI=1S/C11H16N2O3/c1-8-4-5-9(6-10(8)13(14)15)16-7-11(2,3)12/h4-6H,7,12H2,1-3H3. The first-order valence-electron chi connectivity index (χ1n) is 4.96. The van der Waals surface area contributed by atoms with Crippen LogP contribution in [0, 0.1) is 17.0 Å². The minimum Gasteiger partial charge on any atom is -0.491 e. The van der Waals surface area contributed by atoms with Gasteiger partial charge in [0.25, 0.3) is 5.69 Å². The number of rotatable bonds is 4. The van der Waals surface area contributed by atoms with Crippen molar-refractivity contribution in [2.45, 2.75) is 26.3 Å². The van der Waals surface area contributed by atoms with E-state index in [1.165, 1.54) is 6.07 Å². The Kier molecular flexibility index (Phi) is 3.49. The van der Waals surface area contributed by atoms with Gasteiger partial charge in [-0.1, -0.05) is 0 Å². The number of aryl methyl sites for hydroxylation is 1. The van der Waals surface area contributed by atoms with Crippen molar-refractivity contribution in [1.29, 1.82) is 0 Å². The zero-order chi connectivity index (χ0) is 12.3. The Hall–Kier alpha value is -1.62. The van der Waals surface area contributed by atoms with E-state index >= 15 is 0 Å². The van der Waals surface area contributed by atoms with Crippen LogP contribution in [0.15, 0.2) is 18.2 Å². The molecule has 2 N–H and O–H groups in total. The minimum atomic E-state index is -0.459. The van der Waals surface area contributed by atoms with E-state index in [-0.39, 0.29) is 5.69 Å². The van der Waals surface area contributed by atoms with Crippen molar-refractivity contribution < 1.29 is 9.66 Å². The number of hydrogen-bond donors (Lipinski definition) is 1. The first kappa shape index (κ1) is 12.4. The summed E-state index contributed by atoms with van der Waals surface area (Å²) in [6.45, 7) is 5.66. The molecular formula is C11H16N2O3. The van der Waals surface area contributed by atoms with Crippen molar-refractivity contribution in [3.05, 3.63) is 33.9 Å². The highest BCUT2D eigenvalue weighted by Gasteiger charge is 2.14. The molecule has 1 aromatic rings. The maximum absolute atomic E-state index is 10.7. The first-order valence-corrected chi connectivity index (χ1v) is 4.96. The highest BCUT2D eigenvalue weighted by atomic mass is 16.6. The molecule has 5 nitrogen and oxygen atoms in total. The SMILES string of the molecule is Cc1ccc(OCC(C)(C)N)cc1[N+](=O)[O-]. The van der Waals surface area contributed by atoms with Gasteiger partial charge in [-0.05, 0) is 32.9 Å². The monoisotopic (exact) mass is 224 g/mol. The zero-order valence-corrected chi connectivity index (χ0v) is 9.69. The summed E-state index contributed by atoms with van der Waals surface area (Å²) in [5.41, 5.74) is 5.97. The van der Waals surface area contributed by atoms with Crippen LogP contribution in [0.4, 0.5) is 5.69 Å². The van der Waals surface area contributed by atoms with E-state index < -0.39 is 10.5 Å². The van der Waals surface area contributed by atoms with Crippen LogP contribution >= 0.6 is 0 Å². The lowest BCUT2D eigenvalue weighted by Crippen LogP contribution is -2.38. The van der Waals surface area contributed by atoms with Crippen molar-refractivity contribution in [1.82, 2.24) is 0 Å². The lowest BCUT2D eigenvalue weighted by Gasteiger charge is -2.18. The quantitative estimate of drug-likeness (QED) is 0.626. The van der Waals surface area contributed by atoms with Crippen LogP contribution in [0.5, 0.6) is 5.75 Å². The average Bonchev–Trinajstić information content (AvgIpc) is 2.14. The maximum Gasteiger partial charge on any atom is 0.276 e. The zero-order valence-electron chi connectivity index (χ0n) is 9.69. The van der Waals surface area contributed by atoms with E-state index in [0.29, 0.717) is 17.9 Å². The van der Waals surface area contributed by atoms with Gasteiger partial charge >= 0.3 is 0 Å².